The summed E-state index contributed by atoms with van der Waals surface area (Å²) in [5, 5.41) is 0. The molecule has 0 aliphatic heterocycles. The maximum atomic E-state index is 14.9. The third-order valence-corrected chi connectivity index (χ3v) is 8.68. The Balaban J connectivity index is 2.55. The van der Waals surface area contributed by atoms with E-state index in [1.807, 2.05) is 0 Å². The number of benzene rings is 3. The first kappa shape index (κ1) is 48.1. The van der Waals surface area contributed by atoms with Gasteiger partial charge in [-0.2, -0.15) is 79.0 Å². The predicted octanol–water partition coefficient (Wildman–Crippen LogP) is 11.6. The van der Waals surface area contributed by atoms with Crippen LogP contribution in [0.25, 0.3) is 0 Å². The summed E-state index contributed by atoms with van der Waals surface area (Å²) in [6.45, 7) is 3.15. The van der Waals surface area contributed by atoms with Crippen LogP contribution in [0.15, 0.2) is 48.5 Å². The van der Waals surface area contributed by atoms with Crippen molar-refractivity contribution in [2.24, 2.45) is 0 Å². The molecule has 2 atom stereocenters. The Morgan fingerprint density at radius 3 is 1.17 bits per heavy atom. The van der Waals surface area contributed by atoms with Crippen LogP contribution in [0.3, 0.4) is 0 Å². The number of methoxy groups -OCH3 is 1. The van der Waals surface area contributed by atoms with Crippen LogP contribution in [0.1, 0.15) is 59.7 Å². The minimum absolute atomic E-state index is 0.167. The predicted molar refractivity (Wildman–Crippen MR) is 165 cm³/mol. The van der Waals surface area contributed by atoms with E-state index in [-0.39, 0.29) is 36.9 Å². The molecule has 0 spiro atoms. The van der Waals surface area contributed by atoms with E-state index in [2.05, 4.69) is 0 Å². The zero-order valence-corrected chi connectivity index (χ0v) is 30.3. The molecule has 2 unspecified atom stereocenters. The average Bonchev–Trinajstić information content (AvgIpc) is 3.05. The number of hydrogen-bond acceptors (Lipinski definition) is 5. The zero-order chi connectivity index (χ0) is 44.8. The molecule has 0 saturated carbocycles. The molecule has 0 heterocycles. The van der Waals surface area contributed by atoms with Crippen molar-refractivity contribution in [1.29, 1.82) is 0 Å². The standard InChI is InChI=1S/C33H29BF18NO5/c1-7-53(4,5)27(3,55-16(2)54-6)26-24(33(50,51)52)14-21(32(47,48)49)15-25(26)58-34(56-22-10-17(28(35,36)37)8-18(11-22)29(38,39)40)57-23-12-19(30(41,42)43)9-20(13-23)31(44,45)46/h8-16H,7H2,1-6H3/q+1. The van der Waals surface area contributed by atoms with Crippen molar-refractivity contribution >= 4 is 7.32 Å². The molecule has 324 valence electrons. The van der Waals surface area contributed by atoms with E-state index < -0.39 is 135 Å². The number of alkyl halides is 18. The van der Waals surface area contributed by atoms with Crippen LogP contribution in [-0.4, -0.2) is 45.8 Å². The molecule has 0 aliphatic rings. The van der Waals surface area contributed by atoms with Crippen LogP contribution in [-0.2, 0) is 52.3 Å². The largest absolute Gasteiger partial charge is 0.864 e. The molecule has 3 rings (SSSR count). The van der Waals surface area contributed by atoms with E-state index in [0.717, 1.165) is 21.0 Å². The van der Waals surface area contributed by atoms with Crippen molar-refractivity contribution in [2.45, 2.75) is 69.8 Å². The summed E-state index contributed by atoms with van der Waals surface area (Å²) in [5.41, 5.74) is -16.9. The van der Waals surface area contributed by atoms with Gasteiger partial charge in [-0.05, 0) is 62.4 Å². The molecular weight excluding hydrogens is 843 g/mol. The van der Waals surface area contributed by atoms with Gasteiger partial charge in [0.1, 0.15) is 17.2 Å². The van der Waals surface area contributed by atoms with Crippen LogP contribution in [0, 0.1) is 0 Å². The SMILES string of the molecule is CC[N+](C)(C)C(C)(OC(C)OC)c1c(OB(Oc2cc(C(F)(F)F)cc(C(F)(F)F)c2)Oc2cc(C(F)(F)F)cc(C(F)(F)F)c2)cc(C(F)(F)F)cc1C(F)(F)F. The smallest absolute Gasteiger partial charge is 0.490 e. The number of quaternary nitrogens is 1. The molecule has 25 heteroatoms. The molecule has 0 aliphatic carbocycles. The highest BCUT2D eigenvalue weighted by atomic mass is 19.4. The van der Waals surface area contributed by atoms with Crippen LogP contribution in [0.2, 0.25) is 0 Å². The Bertz CT molecular complexity index is 1780. The van der Waals surface area contributed by atoms with E-state index in [1.165, 1.54) is 21.0 Å². The first-order valence-electron chi connectivity index (χ1n) is 15.9. The van der Waals surface area contributed by atoms with Gasteiger partial charge in [0.05, 0.1) is 59.6 Å². The summed E-state index contributed by atoms with van der Waals surface area (Å²) in [4.78, 5) is 0. The minimum atomic E-state index is -5.79. The van der Waals surface area contributed by atoms with Gasteiger partial charge in [-0.3, -0.25) is 9.22 Å². The molecule has 3 aromatic rings. The van der Waals surface area contributed by atoms with Gasteiger partial charge in [0.15, 0.2) is 6.29 Å². The van der Waals surface area contributed by atoms with Gasteiger partial charge < -0.3 is 18.7 Å². The lowest BCUT2D eigenvalue weighted by atomic mass is 9.91. The summed E-state index contributed by atoms with van der Waals surface area (Å²) in [5.74, 6) is -4.96. The molecule has 0 saturated heterocycles. The molecule has 0 bridgehead atoms. The van der Waals surface area contributed by atoms with E-state index >= 15 is 0 Å². The molecule has 6 nitrogen and oxygen atoms in total. The Labute approximate surface area is 316 Å². The van der Waals surface area contributed by atoms with Crippen molar-refractivity contribution in [1.82, 2.24) is 0 Å². The average molecular weight is 872 g/mol. The van der Waals surface area contributed by atoms with Gasteiger partial charge in [-0.1, -0.05) is 0 Å². The monoisotopic (exact) mass is 872 g/mol. The fourth-order valence-electron chi connectivity index (χ4n) is 5.14. The molecule has 58 heavy (non-hydrogen) atoms. The Hall–Kier alpha value is -4.26. The summed E-state index contributed by atoms with van der Waals surface area (Å²) >= 11 is 0. The molecule has 0 fully saturated rings. The third-order valence-electron chi connectivity index (χ3n) is 8.68. The van der Waals surface area contributed by atoms with Crippen LogP contribution < -0.4 is 14.0 Å². The molecule has 0 radical (unpaired) electrons. The summed E-state index contributed by atoms with van der Waals surface area (Å²) in [7, 11) is 0.00508. The lowest BCUT2D eigenvalue weighted by molar-refractivity contribution is -0.975. The van der Waals surface area contributed by atoms with Crippen molar-refractivity contribution in [2.75, 3.05) is 27.7 Å². The Kier molecular flexibility index (Phi) is 13.3. The van der Waals surface area contributed by atoms with Gasteiger partial charge in [0.2, 0.25) is 5.72 Å². The van der Waals surface area contributed by atoms with Crippen LogP contribution in [0.4, 0.5) is 79.0 Å². The number of rotatable bonds is 12. The molecule has 0 amide bonds. The normalized spacial score (nSPS) is 15.2. The van der Waals surface area contributed by atoms with E-state index in [4.69, 9.17) is 23.4 Å². The minimum Gasteiger partial charge on any atom is -0.490 e. The lowest BCUT2D eigenvalue weighted by Crippen LogP contribution is -2.59. The van der Waals surface area contributed by atoms with Crippen molar-refractivity contribution in [3.05, 3.63) is 87.5 Å². The van der Waals surface area contributed by atoms with Gasteiger partial charge in [-0.15, -0.1) is 0 Å². The fourth-order valence-corrected chi connectivity index (χ4v) is 5.14. The highest BCUT2D eigenvalue weighted by Crippen LogP contribution is 2.50. The third kappa shape index (κ3) is 11.3. The number of halogens is 18. The van der Waals surface area contributed by atoms with Crippen molar-refractivity contribution < 1.29 is 107 Å². The van der Waals surface area contributed by atoms with E-state index in [9.17, 15) is 79.0 Å². The van der Waals surface area contributed by atoms with Gasteiger partial charge in [0, 0.05) is 14.0 Å². The van der Waals surface area contributed by atoms with E-state index in [0.29, 0.717) is 0 Å². The first-order chi connectivity index (χ1) is 25.9. The fraction of sp³-hybridized carbons (Fsp3) is 0.455. The summed E-state index contributed by atoms with van der Waals surface area (Å²) in [6, 6.07) is -2.30. The maximum absolute atomic E-state index is 14.9. The van der Waals surface area contributed by atoms with Crippen LogP contribution in [0.5, 0.6) is 17.2 Å². The number of hydrogen-bond donors (Lipinski definition) is 0. The van der Waals surface area contributed by atoms with Gasteiger partial charge in [0.25, 0.3) is 0 Å². The van der Waals surface area contributed by atoms with E-state index in [1.54, 1.807) is 0 Å². The second kappa shape index (κ2) is 16.1. The van der Waals surface area contributed by atoms with Gasteiger partial charge in [-0.25, -0.2) is 0 Å². The number of nitrogens with zero attached hydrogens (tertiary/aromatic N) is 1. The first-order valence-corrected chi connectivity index (χ1v) is 15.9. The highest BCUT2D eigenvalue weighted by Gasteiger charge is 2.54. The maximum Gasteiger partial charge on any atom is 0.864 e. The second-order valence-electron chi connectivity index (χ2n) is 12.9. The van der Waals surface area contributed by atoms with Crippen molar-refractivity contribution in [3.63, 3.8) is 0 Å². The van der Waals surface area contributed by atoms with Crippen molar-refractivity contribution in [3.8, 4) is 17.2 Å². The topological polar surface area (TPSA) is 46.2 Å². The Morgan fingerprint density at radius 1 is 0.534 bits per heavy atom. The highest BCUT2D eigenvalue weighted by molar-refractivity contribution is 6.39. The zero-order valence-electron chi connectivity index (χ0n) is 30.3. The summed E-state index contributed by atoms with van der Waals surface area (Å²) < 4.78 is 277. The second-order valence-corrected chi connectivity index (χ2v) is 12.9. The lowest BCUT2D eigenvalue weighted by Gasteiger charge is -2.47. The summed E-state index contributed by atoms with van der Waals surface area (Å²) in [6.07, 6.45) is -35.4. The molecular formula is C33H29BF18NO5+. The molecule has 3 aromatic carbocycles. The van der Waals surface area contributed by atoms with Gasteiger partial charge >= 0.3 is 44.4 Å². The quantitative estimate of drug-likeness (QED) is 0.0785. The Morgan fingerprint density at radius 2 is 0.879 bits per heavy atom. The molecule has 0 aromatic heterocycles. The van der Waals surface area contributed by atoms with Crippen LogP contribution >= 0.6 is 0 Å². The number of ether oxygens (including phenoxy) is 2. The molecule has 0 N–H and O–H groups in total.